The van der Waals surface area contributed by atoms with Crippen LogP contribution in [-0.2, 0) is 6.54 Å². The lowest BCUT2D eigenvalue weighted by atomic mass is 10.2. The number of aryl methyl sites for hydroxylation is 1. The molecule has 3 aromatic rings. The topological polar surface area (TPSA) is 107 Å². The van der Waals surface area contributed by atoms with Gasteiger partial charge < -0.3 is 9.84 Å². The minimum absolute atomic E-state index is 0.00461. The van der Waals surface area contributed by atoms with Gasteiger partial charge >= 0.3 is 0 Å². The lowest BCUT2D eigenvalue weighted by molar-refractivity contribution is -0.384. The van der Waals surface area contributed by atoms with Gasteiger partial charge in [0, 0.05) is 6.07 Å². The molecule has 1 aromatic heterocycles. The molecule has 1 N–H and O–H groups in total. The monoisotopic (exact) mass is 355 g/mol. The highest BCUT2D eigenvalue weighted by atomic mass is 16.6. The molecule has 134 valence electrons. The fourth-order valence-corrected chi connectivity index (χ4v) is 2.56. The largest absolute Gasteiger partial charge is 0.491 e. The van der Waals surface area contributed by atoms with Crippen LogP contribution in [0.2, 0.25) is 0 Å². The molecular weight excluding hydrogens is 338 g/mol. The molecule has 0 radical (unpaired) electrons. The molecule has 1 atom stereocenters. The van der Waals surface area contributed by atoms with Gasteiger partial charge in [-0.3, -0.25) is 19.5 Å². The number of hydrogen-bond donors (Lipinski definition) is 1. The number of rotatable bonds is 6. The van der Waals surface area contributed by atoms with E-state index in [4.69, 9.17) is 4.74 Å². The van der Waals surface area contributed by atoms with Gasteiger partial charge in [0.05, 0.1) is 34.8 Å². The third-order valence-corrected chi connectivity index (χ3v) is 3.86. The summed E-state index contributed by atoms with van der Waals surface area (Å²) >= 11 is 0. The number of nitro benzene ring substituents is 1. The molecule has 0 saturated heterocycles. The maximum absolute atomic E-state index is 12.5. The molecule has 3 rings (SSSR count). The Morgan fingerprint density at radius 3 is 2.88 bits per heavy atom. The fourth-order valence-electron chi connectivity index (χ4n) is 2.56. The molecule has 0 amide bonds. The molecule has 8 nitrogen and oxygen atoms in total. The third kappa shape index (κ3) is 3.86. The second-order valence-electron chi connectivity index (χ2n) is 5.94. The molecule has 0 bridgehead atoms. The number of aliphatic hydroxyl groups excluding tert-OH is 1. The second-order valence-corrected chi connectivity index (χ2v) is 5.94. The first-order valence-corrected chi connectivity index (χ1v) is 7.95. The van der Waals surface area contributed by atoms with Crippen LogP contribution in [-0.4, -0.2) is 32.3 Å². The Labute approximate surface area is 148 Å². The van der Waals surface area contributed by atoms with Crippen LogP contribution in [0.1, 0.15) is 5.56 Å². The number of aliphatic hydroxyl groups is 1. The summed E-state index contributed by atoms with van der Waals surface area (Å²) in [7, 11) is 0. The second kappa shape index (κ2) is 7.32. The Hall–Kier alpha value is -3.26. The molecule has 0 spiro atoms. The zero-order valence-corrected chi connectivity index (χ0v) is 14.0. The zero-order valence-electron chi connectivity index (χ0n) is 14.0. The first kappa shape index (κ1) is 17.6. The fraction of sp³-hybridized carbons (Fsp3) is 0.222. The van der Waals surface area contributed by atoms with Crippen molar-refractivity contribution in [1.82, 2.24) is 9.55 Å². The van der Waals surface area contributed by atoms with Gasteiger partial charge in [0.2, 0.25) is 0 Å². The van der Waals surface area contributed by atoms with Crippen molar-refractivity contribution < 1.29 is 14.8 Å². The van der Waals surface area contributed by atoms with E-state index in [1.54, 1.807) is 18.2 Å². The molecule has 2 aromatic carbocycles. The smallest absolute Gasteiger partial charge is 0.273 e. The van der Waals surface area contributed by atoms with E-state index in [0.29, 0.717) is 10.9 Å². The molecule has 0 aliphatic heterocycles. The van der Waals surface area contributed by atoms with Gasteiger partial charge in [0.1, 0.15) is 18.5 Å². The van der Waals surface area contributed by atoms with E-state index in [0.717, 1.165) is 5.56 Å². The van der Waals surface area contributed by atoms with Gasteiger partial charge in [-0.2, -0.15) is 0 Å². The summed E-state index contributed by atoms with van der Waals surface area (Å²) in [6, 6.07) is 11.1. The Morgan fingerprint density at radius 2 is 2.12 bits per heavy atom. The zero-order chi connectivity index (χ0) is 18.7. The highest BCUT2D eigenvalue weighted by molar-refractivity contribution is 5.77. The molecule has 0 saturated carbocycles. The Balaban J connectivity index is 1.70. The van der Waals surface area contributed by atoms with Gasteiger partial charge in [-0.25, -0.2) is 4.98 Å². The molecule has 0 aliphatic rings. The normalized spacial score (nSPS) is 12.1. The minimum Gasteiger partial charge on any atom is -0.491 e. The number of nitrogens with zero attached hydrogens (tertiary/aromatic N) is 3. The number of nitro groups is 1. The number of benzene rings is 2. The highest BCUT2D eigenvalue weighted by Gasteiger charge is 2.12. The average Bonchev–Trinajstić information content (AvgIpc) is 2.63. The summed E-state index contributed by atoms with van der Waals surface area (Å²) in [5.41, 5.74) is 1.21. The van der Waals surface area contributed by atoms with Gasteiger partial charge in [0.25, 0.3) is 11.2 Å². The first-order valence-electron chi connectivity index (χ1n) is 7.95. The summed E-state index contributed by atoms with van der Waals surface area (Å²) in [5.74, 6) is 0.276. The quantitative estimate of drug-likeness (QED) is 0.536. The summed E-state index contributed by atoms with van der Waals surface area (Å²) in [5, 5.41) is 21.4. The van der Waals surface area contributed by atoms with E-state index < -0.39 is 11.0 Å². The molecule has 1 unspecified atom stereocenters. The van der Waals surface area contributed by atoms with E-state index in [-0.39, 0.29) is 30.1 Å². The SMILES string of the molecule is Cc1ccc2ncn(CC(O)COc3cccc([N+](=O)[O-])c3)c(=O)c2c1. The summed E-state index contributed by atoms with van der Waals surface area (Å²) in [6.07, 6.45) is 0.410. The van der Waals surface area contributed by atoms with Crippen molar-refractivity contribution in [3.05, 3.63) is 74.8 Å². The van der Waals surface area contributed by atoms with Crippen LogP contribution in [0.3, 0.4) is 0 Å². The molecule has 26 heavy (non-hydrogen) atoms. The summed E-state index contributed by atoms with van der Waals surface area (Å²) in [6.45, 7) is 1.78. The van der Waals surface area contributed by atoms with Crippen LogP contribution in [0.4, 0.5) is 5.69 Å². The van der Waals surface area contributed by atoms with Crippen molar-refractivity contribution >= 4 is 16.6 Å². The predicted molar refractivity (Wildman–Crippen MR) is 95.3 cm³/mol. The van der Waals surface area contributed by atoms with Gasteiger partial charge in [-0.05, 0) is 25.1 Å². The van der Waals surface area contributed by atoms with E-state index in [1.165, 1.54) is 29.1 Å². The maximum atomic E-state index is 12.5. The molecule has 1 heterocycles. The van der Waals surface area contributed by atoms with E-state index in [1.807, 2.05) is 13.0 Å². The van der Waals surface area contributed by atoms with Gasteiger partial charge in [0.15, 0.2) is 0 Å². The van der Waals surface area contributed by atoms with Crippen LogP contribution in [0.15, 0.2) is 53.6 Å². The number of aromatic nitrogens is 2. The molecule has 0 fully saturated rings. The highest BCUT2D eigenvalue weighted by Crippen LogP contribution is 2.19. The van der Waals surface area contributed by atoms with Crippen molar-refractivity contribution in [3.8, 4) is 5.75 Å². The average molecular weight is 355 g/mol. The lowest BCUT2D eigenvalue weighted by Gasteiger charge is -2.14. The number of non-ortho nitro benzene ring substituents is 1. The minimum atomic E-state index is -0.976. The Morgan fingerprint density at radius 1 is 1.31 bits per heavy atom. The number of ether oxygens (including phenoxy) is 1. The van der Waals surface area contributed by atoms with E-state index >= 15 is 0 Å². The Kier molecular flexibility index (Phi) is 4.94. The van der Waals surface area contributed by atoms with Crippen LogP contribution in [0, 0.1) is 17.0 Å². The van der Waals surface area contributed by atoms with Gasteiger partial charge in [-0.1, -0.05) is 17.7 Å². The lowest BCUT2D eigenvalue weighted by Crippen LogP contribution is -2.30. The standard InChI is InChI=1S/C18H17N3O5/c1-12-5-6-17-16(7-12)18(23)20(11-19-17)9-14(22)10-26-15-4-2-3-13(8-15)21(24)25/h2-8,11,14,22H,9-10H2,1H3. The van der Waals surface area contributed by atoms with Crippen molar-refractivity contribution in [2.45, 2.75) is 19.6 Å². The summed E-state index contributed by atoms with van der Waals surface area (Å²) in [4.78, 5) is 27.0. The van der Waals surface area contributed by atoms with Crippen molar-refractivity contribution in [1.29, 1.82) is 0 Å². The summed E-state index contributed by atoms with van der Waals surface area (Å²) < 4.78 is 6.71. The van der Waals surface area contributed by atoms with Crippen molar-refractivity contribution in [2.24, 2.45) is 0 Å². The first-order chi connectivity index (χ1) is 12.4. The maximum Gasteiger partial charge on any atom is 0.273 e. The van der Waals surface area contributed by atoms with Crippen LogP contribution < -0.4 is 10.3 Å². The number of fused-ring (bicyclic) bond motifs is 1. The van der Waals surface area contributed by atoms with E-state index in [9.17, 15) is 20.0 Å². The number of hydrogen-bond acceptors (Lipinski definition) is 6. The van der Waals surface area contributed by atoms with Crippen LogP contribution >= 0.6 is 0 Å². The molecule has 0 aliphatic carbocycles. The molecular formula is C18H17N3O5. The van der Waals surface area contributed by atoms with Crippen LogP contribution in [0.25, 0.3) is 10.9 Å². The van der Waals surface area contributed by atoms with E-state index in [2.05, 4.69) is 4.98 Å². The van der Waals surface area contributed by atoms with Gasteiger partial charge in [-0.15, -0.1) is 0 Å². The Bertz CT molecular complexity index is 1020. The van der Waals surface area contributed by atoms with Crippen LogP contribution in [0.5, 0.6) is 5.75 Å². The van der Waals surface area contributed by atoms with Crippen molar-refractivity contribution in [3.63, 3.8) is 0 Å². The third-order valence-electron chi connectivity index (χ3n) is 3.86. The predicted octanol–water partition coefficient (Wildman–Crippen LogP) is 2.05. The molecule has 8 heteroatoms. The van der Waals surface area contributed by atoms with Crippen molar-refractivity contribution in [2.75, 3.05) is 6.61 Å².